The van der Waals surface area contributed by atoms with Crippen LogP contribution in [-0.2, 0) is 11.0 Å². The van der Waals surface area contributed by atoms with Gasteiger partial charge in [-0.25, -0.2) is 0 Å². The van der Waals surface area contributed by atoms with E-state index < -0.39 is 17.6 Å². The van der Waals surface area contributed by atoms with Gasteiger partial charge < -0.3 is 5.32 Å². The first-order valence-corrected chi connectivity index (χ1v) is 7.35. The minimum absolute atomic E-state index is 0.313. The number of para-hydroxylation sites is 1. The Balaban J connectivity index is 2.09. The van der Waals surface area contributed by atoms with E-state index in [-0.39, 0.29) is 0 Å². The van der Waals surface area contributed by atoms with Crippen LogP contribution in [0.3, 0.4) is 0 Å². The van der Waals surface area contributed by atoms with Gasteiger partial charge in [0.25, 0.3) is 0 Å². The molecule has 0 aliphatic heterocycles. The van der Waals surface area contributed by atoms with E-state index >= 15 is 0 Å². The van der Waals surface area contributed by atoms with Gasteiger partial charge >= 0.3 is 6.18 Å². The second kappa shape index (κ2) is 6.95. The van der Waals surface area contributed by atoms with Crippen molar-refractivity contribution in [2.24, 2.45) is 0 Å². The Labute approximate surface area is 139 Å². The number of amides is 1. The van der Waals surface area contributed by atoms with E-state index in [9.17, 15) is 18.0 Å². The molecule has 0 bridgehead atoms. The number of hydrogen-bond acceptors (Lipinski definition) is 1. The molecular weight excluding hydrogens is 406 g/mol. The van der Waals surface area contributed by atoms with Crippen LogP contribution in [0.1, 0.15) is 11.1 Å². The molecule has 0 fully saturated rings. The van der Waals surface area contributed by atoms with E-state index in [2.05, 4.69) is 27.9 Å². The second-order valence-corrected chi connectivity index (χ2v) is 5.59. The van der Waals surface area contributed by atoms with Gasteiger partial charge in [-0.3, -0.25) is 4.79 Å². The van der Waals surface area contributed by atoms with Gasteiger partial charge in [0.05, 0.1) is 11.3 Å². The van der Waals surface area contributed by atoms with Crippen molar-refractivity contribution < 1.29 is 18.0 Å². The van der Waals surface area contributed by atoms with Gasteiger partial charge in [-0.05, 0) is 58.5 Å². The fraction of sp³-hybridized carbons (Fsp3) is 0.0625. The molecule has 114 valence electrons. The van der Waals surface area contributed by atoms with Crippen LogP contribution in [0.4, 0.5) is 18.9 Å². The number of hydrogen-bond donors (Lipinski definition) is 1. The van der Waals surface area contributed by atoms with Crippen molar-refractivity contribution in [1.29, 1.82) is 0 Å². The quantitative estimate of drug-likeness (QED) is 0.555. The second-order valence-electron chi connectivity index (χ2n) is 4.43. The van der Waals surface area contributed by atoms with E-state index in [1.165, 1.54) is 24.3 Å². The van der Waals surface area contributed by atoms with Gasteiger partial charge in [0, 0.05) is 9.65 Å². The van der Waals surface area contributed by atoms with Gasteiger partial charge in [-0.2, -0.15) is 13.2 Å². The summed E-state index contributed by atoms with van der Waals surface area (Å²) in [6.07, 6.45) is -1.84. The molecule has 0 aliphatic rings. The summed E-state index contributed by atoms with van der Waals surface area (Å²) in [5.74, 6) is -0.401. The Bertz CT molecular complexity index is 711. The summed E-state index contributed by atoms with van der Waals surface area (Å²) >= 11 is 2.08. The molecule has 0 saturated heterocycles. The highest BCUT2D eigenvalue weighted by Crippen LogP contribution is 2.29. The lowest BCUT2D eigenvalue weighted by atomic mass is 10.1. The number of carbonyl (C=O) groups is 1. The smallest absolute Gasteiger partial charge is 0.322 e. The molecule has 0 unspecified atom stereocenters. The maximum atomic E-state index is 12.6. The summed E-state index contributed by atoms with van der Waals surface area (Å²) < 4.78 is 38.7. The molecule has 0 atom stereocenters. The van der Waals surface area contributed by atoms with Crippen LogP contribution in [0, 0.1) is 3.57 Å². The lowest BCUT2D eigenvalue weighted by Gasteiger charge is -2.07. The zero-order valence-electron chi connectivity index (χ0n) is 11.2. The molecule has 22 heavy (non-hydrogen) atoms. The third kappa shape index (κ3) is 4.59. The van der Waals surface area contributed by atoms with E-state index in [4.69, 9.17) is 0 Å². The monoisotopic (exact) mass is 417 g/mol. The lowest BCUT2D eigenvalue weighted by Crippen LogP contribution is -2.08. The minimum Gasteiger partial charge on any atom is -0.322 e. The molecule has 6 heteroatoms. The van der Waals surface area contributed by atoms with Crippen LogP contribution >= 0.6 is 22.6 Å². The predicted octanol–water partition coefficient (Wildman–Crippen LogP) is 4.96. The number of nitrogens with one attached hydrogen (secondary N) is 1. The summed E-state index contributed by atoms with van der Waals surface area (Å²) in [6, 6.07) is 12.0. The van der Waals surface area contributed by atoms with Gasteiger partial charge in [0.2, 0.25) is 5.91 Å². The highest BCUT2D eigenvalue weighted by molar-refractivity contribution is 14.1. The first-order valence-electron chi connectivity index (χ1n) is 6.27. The van der Waals surface area contributed by atoms with Gasteiger partial charge in [-0.1, -0.05) is 24.3 Å². The Morgan fingerprint density at radius 1 is 1.09 bits per heavy atom. The molecule has 1 amide bonds. The number of benzene rings is 2. The normalized spacial score (nSPS) is 11.6. The van der Waals surface area contributed by atoms with Crippen molar-refractivity contribution in [2.75, 3.05) is 5.32 Å². The number of halogens is 4. The zero-order valence-corrected chi connectivity index (χ0v) is 13.4. The maximum Gasteiger partial charge on any atom is 0.416 e. The average Bonchev–Trinajstić information content (AvgIpc) is 2.47. The standard InChI is InChI=1S/C16H11F3INO/c17-16(18,19)12-5-3-4-11(10-12)8-9-15(22)21-14-7-2-1-6-13(14)20/h1-10H,(H,21,22). The van der Waals surface area contributed by atoms with Crippen molar-refractivity contribution in [1.82, 2.24) is 0 Å². The third-order valence-electron chi connectivity index (χ3n) is 2.77. The molecule has 2 aromatic rings. The van der Waals surface area contributed by atoms with Gasteiger partial charge in [-0.15, -0.1) is 0 Å². The maximum absolute atomic E-state index is 12.6. The molecule has 2 nitrogen and oxygen atoms in total. The first-order chi connectivity index (χ1) is 10.4. The van der Waals surface area contributed by atoms with E-state index in [0.29, 0.717) is 11.3 Å². The van der Waals surface area contributed by atoms with Crippen molar-refractivity contribution >= 4 is 40.3 Å². The van der Waals surface area contributed by atoms with Crippen LogP contribution in [0.2, 0.25) is 0 Å². The molecule has 1 N–H and O–H groups in total. The molecule has 0 spiro atoms. The molecule has 2 rings (SSSR count). The summed E-state index contributed by atoms with van der Waals surface area (Å²) in [4.78, 5) is 11.8. The molecule has 0 aromatic heterocycles. The molecule has 0 radical (unpaired) electrons. The topological polar surface area (TPSA) is 29.1 Å². The molecule has 2 aromatic carbocycles. The number of carbonyl (C=O) groups excluding carboxylic acids is 1. The Morgan fingerprint density at radius 2 is 1.82 bits per heavy atom. The van der Waals surface area contributed by atoms with E-state index in [1.807, 2.05) is 12.1 Å². The van der Waals surface area contributed by atoms with Gasteiger partial charge in [0.1, 0.15) is 0 Å². The lowest BCUT2D eigenvalue weighted by molar-refractivity contribution is -0.137. The van der Waals surface area contributed by atoms with E-state index in [0.717, 1.165) is 15.7 Å². The summed E-state index contributed by atoms with van der Waals surface area (Å²) in [5, 5.41) is 2.67. The highest BCUT2D eigenvalue weighted by Gasteiger charge is 2.30. The van der Waals surface area contributed by atoms with Crippen LogP contribution in [0.15, 0.2) is 54.6 Å². The van der Waals surface area contributed by atoms with Crippen molar-refractivity contribution in [2.45, 2.75) is 6.18 Å². The minimum atomic E-state index is -4.40. The Hall–Kier alpha value is -1.83. The number of rotatable bonds is 3. The Morgan fingerprint density at radius 3 is 2.50 bits per heavy atom. The van der Waals surface area contributed by atoms with Crippen LogP contribution in [0.25, 0.3) is 6.08 Å². The van der Waals surface area contributed by atoms with Crippen LogP contribution in [-0.4, -0.2) is 5.91 Å². The van der Waals surface area contributed by atoms with Crippen molar-refractivity contribution in [3.8, 4) is 0 Å². The molecule has 0 aliphatic carbocycles. The fourth-order valence-electron chi connectivity index (χ4n) is 1.73. The Kier molecular flexibility index (Phi) is 5.23. The van der Waals surface area contributed by atoms with Gasteiger partial charge in [0.15, 0.2) is 0 Å². The molecule has 0 saturated carbocycles. The summed E-state index contributed by atoms with van der Waals surface area (Å²) in [6.45, 7) is 0. The zero-order chi connectivity index (χ0) is 16.2. The average molecular weight is 417 g/mol. The SMILES string of the molecule is O=C(C=Cc1cccc(C(F)(F)F)c1)Nc1ccccc1I. The first kappa shape index (κ1) is 16.5. The predicted molar refractivity (Wildman–Crippen MR) is 88.3 cm³/mol. The number of anilines is 1. The van der Waals surface area contributed by atoms with Crippen LogP contribution in [0.5, 0.6) is 0 Å². The third-order valence-corrected chi connectivity index (χ3v) is 3.71. The summed E-state index contributed by atoms with van der Waals surface area (Å²) in [5.41, 5.74) is 0.224. The van der Waals surface area contributed by atoms with Crippen molar-refractivity contribution in [3.05, 3.63) is 69.3 Å². The highest BCUT2D eigenvalue weighted by atomic mass is 127. The van der Waals surface area contributed by atoms with Crippen molar-refractivity contribution in [3.63, 3.8) is 0 Å². The largest absolute Gasteiger partial charge is 0.416 e. The molecule has 0 heterocycles. The van der Waals surface area contributed by atoms with Crippen LogP contribution < -0.4 is 5.32 Å². The number of alkyl halides is 3. The van der Waals surface area contributed by atoms with E-state index in [1.54, 1.807) is 12.1 Å². The molecular formula is C16H11F3INO. The fourth-order valence-corrected chi connectivity index (χ4v) is 2.25. The summed E-state index contributed by atoms with van der Waals surface area (Å²) in [7, 11) is 0.